The van der Waals surface area contributed by atoms with Gasteiger partial charge in [-0.2, -0.15) is 0 Å². The fourth-order valence-electron chi connectivity index (χ4n) is 2.24. The molecule has 3 aromatic rings. The summed E-state index contributed by atoms with van der Waals surface area (Å²) >= 11 is 2.81. The molecule has 5 nitrogen and oxygen atoms in total. The first-order valence-electron chi connectivity index (χ1n) is 7.79. The van der Waals surface area contributed by atoms with Crippen LogP contribution in [0.15, 0.2) is 41.8 Å². The Morgan fingerprint density at radius 2 is 1.68 bits per heavy atom. The van der Waals surface area contributed by atoms with Crippen molar-refractivity contribution in [1.82, 2.24) is 4.98 Å². The van der Waals surface area contributed by atoms with Gasteiger partial charge in [0.25, 0.3) is 11.8 Å². The lowest BCUT2D eigenvalue weighted by atomic mass is 10.2. The Morgan fingerprint density at radius 1 is 1.04 bits per heavy atom. The lowest BCUT2D eigenvalue weighted by Crippen LogP contribution is -2.12. The number of hydrogen-bond acceptors (Lipinski definition) is 5. The monoisotopic (exact) mass is 371 g/mol. The molecule has 128 valence electrons. The van der Waals surface area contributed by atoms with E-state index in [9.17, 15) is 9.59 Å². The molecule has 0 unspecified atom stereocenters. The number of rotatable bonds is 5. The van der Waals surface area contributed by atoms with Crippen molar-refractivity contribution in [2.45, 2.75) is 20.3 Å². The second-order valence-electron chi connectivity index (χ2n) is 5.34. The Labute approximate surface area is 153 Å². The Morgan fingerprint density at radius 3 is 2.20 bits per heavy atom. The molecule has 0 bridgehead atoms. The topological polar surface area (TPSA) is 71.1 Å². The number of amides is 2. The van der Waals surface area contributed by atoms with Crippen LogP contribution in [0.4, 0.5) is 11.4 Å². The highest BCUT2D eigenvalue weighted by Crippen LogP contribution is 2.21. The van der Waals surface area contributed by atoms with E-state index >= 15 is 0 Å². The molecule has 2 heterocycles. The molecule has 0 spiro atoms. The summed E-state index contributed by atoms with van der Waals surface area (Å²) in [6.07, 6.45) is 0.817. The molecular weight excluding hydrogens is 354 g/mol. The van der Waals surface area contributed by atoms with E-state index in [4.69, 9.17) is 0 Å². The van der Waals surface area contributed by atoms with Crippen LogP contribution in [-0.2, 0) is 6.42 Å². The van der Waals surface area contributed by atoms with Crippen molar-refractivity contribution in [3.05, 3.63) is 62.2 Å². The quantitative estimate of drug-likeness (QED) is 0.689. The number of benzene rings is 1. The smallest absolute Gasteiger partial charge is 0.267 e. The lowest BCUT2D eigenvalue weighted by Gasteiger charge is -2.07. The van der Waals surface area contributed by atoms with Crippen LogP contribution < -0.4 is 10.6 Å². The van der Waals surface area contributed by atoms with Crippen molar-refractivity contribution < 1.29 is 9.59 Å². The standard InChI is InChI=1S/C18H17N3O2S2/c1-3-15-19-11(2)16(25-15)18(23)21-13-8-6-12(7-9-13)20-17(22)14-5-4-10-24-14/h4-10H,3H2,1-2H3,(H,20,22)(H,21,23). The number of aryl methyl sites for hydroxylation is 2. The molecule has 0 saturated carbocycles. The third-order valence-corrected chi connectivity index (χ3v) is 5.66. The number of aromatic nitrogens is 1. The van der Waals surface area contributed by atoms with Crippen LogP contribution in [0.3, 0.4) is 0 Å². The zero-order valence-electron chi connectivity index (χ0n) is 13.8. The summed E-state index contributed by atoms with van der Waals surface area (Å²) in [5.41, 5.74) is 2.10. The average molecular weight is 371 g/mol. The van der Waals surface area contributed by atoms with Gasteiger partial charge >= 0.3 is 0 Å². The van der Waals surface area contributed by atoms with E-state index in [0.29, 0.717) is 21.1 Å². The van der Waals surface area contributed by atoms with Crippen LogP contribution in [0.2, 0.25) is 0 Å². The highest BCUT2D eigenvalue weighted by Gasteiger charge is 2.15. The van der Waals surface area contributed by atoms with Gasteiger partial charge < -0.3 is 10.6 Å². The first-order valence-corrected chi connectivity index (χ1v) is 9.49. The van der Waals surface area contributed by atoms with Crippen LogP contribution >= 0.6 is 22.7 Å². The minimum Gasteiger partial charge on any atom is -0.321 e. The summed E-state index contributed by atoms with van der Waals surface area (Å²) in [7, 11) is 0. The van der Waals surface area contributed by atoms with Gasteiger partial charge in [0.05, 0.1) is 15.6 Å². The van der Waals surface area contributed by atoms with Crippen molar-refractivity contribution >= 4 is 45.9 Å². The van der Waals surface area contributed by atoms with Crippen LogP contribution in [0, 0.1) is 6.92 Å². The molecular formula is C18H17N3O2S2. The predicted octanol–water partition coefficient (Wildman–Crippen LogP) is 4.58. The van der Waals surface area contributed by atoms with Crippen LogP contribution in [0.5, 0.6) is 0 Å². The zero-order valence-corrected chi connectivity index (χ0v) is 15.5. The average Bonchev–Trinajstić information content (AvgIpc) is 3.26. The largest absolute Gasteiger partial charge is 0.321 e. The van der Waals surface area contributed by atoms with Crippen molar-refractivity contribution in [1.29, 1.82) is 0 Å². The summed E-state index contributed by atoms with van der Waals surface area (Å²) < 4.78 is 0. The second kappa shape index (κ2) is 7.58. The van der Waals surface area contributed by atoms with Crippen molar-refractivity contribution in [3.8, 4) is 0 Å². The molecule has 0 atom stereocenters. The van der Waals surface area contributed by atoms with Crippen molar-refractivity contribution in [3.63, 3.8) is 0 Å². The molecule has 0 radical (unpaired) electrons. The van der Waals surface area contributed by atoms with E-state index < -0.39 is 0 Å². The molecule has 0 saturated heterocycles. The Hall–Kier alpha value is -2.51. The van der Waals surface area contributed by atoms with E-state index in [2.05, 4.69) is 15.6 Å². The Bertz CT molecular complexity index is 884. The summed E-state index contributed by atoms with van der Waals surface area (Å²) in [5.74, 6) is -0.302. The Kier molecular flexibility index (Phi) is 5.25. The van der Waals surface area contributed by atoms with E-state index in [1.807, 2.05) is 25.3 Å². The van der Waals surface area contributed by atoms with Crippen molar-refractivity contribution in [2.24, 2.45) is 0 Å². The summed E-state index contributed by atoms with van der Waals surface area (Å²) in [4.78, 5) is 30.1. The maximum atomic E-state index is 12.4. The molecule has 0 aliphatic carbocycles. The predicted molar refractivity (Wildman–Crippen MR) is 103 cm³/mol. The fraction of sp³-hybridized carbons (Fsp3) is 0.167. The van der Waals surface area contributed by atoms with Gasteiger partial charge in [-0.25, -0.2) is 4.98 Å². The maximum absolute atomic E-state index is 12.4. The molecule has 0 fully saturated rings. The molecule has 0 aliphatic heterocycles. The van der Waals surface area contributed by atoms with Gasteiger partial charge in [-0.15, -0.1) is 22.7 Å². The van der Waals surface area contributed by atoms with Gasteiger partial charge in [-0.3, -0.25) is 9.59 Å². The summed E-state index contributed by atoms with van der Waals surface area (Å²) in [5, 5.41) is 8.51. The number of carbonyl (C=O) groups excluding carboxylic acids is 2. The first-order chi connectivity index (χ1) is 12.1. The van der Waals surface area contributed by atoms with Crippen molar-refractivity contribution in [2.75, 3.05) is 10.6 Å². The molecule has 2 amide bonds. The molecule has 3 rings (SSSR count). The third-order valence-electron chi connectivity index (χ3n) is 3.50. The minimum absolute atomic E-state index is 0.140. The Balaban J connectivity index is 1.65. The van der Waals surface area contributed by atoms with Gasteiger partial charge in [0, 0.05) is 11.4 Å². The third kappa shape index (κ3) is 4.12. The molecule has 25 heavy (non-hydrogen) atoms. The summed E-state index contributed by atoms with van der Waals surface area (Å²) in [6, 6.07) is 10.7. The van der Waals surface area contributed by atoms with Crippen LogP contribution in [-0.4, -0.2) is 16.8 Å². The van der Waals surface area contributed by atoms with Gasteiger partial charge in [0.1, 0.15) is 4.88 Å². The van der Waals surface area contributed by atoms with E-state index in [1.165, 1.54) is 22.7 Å². The molecule has 7 heteroatoms. The van der Waals surface area contributed by atoms with Gasteiger partial charge in [0.2, 0.25) is 0 Å². The zero-order chi connectivity index (χ0) is 17.8. The number of hydrogen-bond donors (Lipinski definition) is 2. The van der Waals surface area contributed by atoms with E-state index in [1.54, 1.807) is 30.3 Å². The second-order valence-corrected chi connectivity index (χ2v) is 7.37. The number of thiophene rings is 1. The lowest BCUT2D eigenvalue weighted by molar-refractivity contribution is 0.102. The first kappa shape index (κ1) is 17.3. The number of anilines is 2. The minimum atomic E-state index is -0.162. The number of nitrogens with one attached hydrogen (secondary N) is 2. The molecule has 2 aromatic heterocycles. The maximum Gasteiger partial charge on any atom is 0.267 e. The number of thiazole rings is 1. The normalized spacial score (nSPS) is 10.5. The van der Waals surface area contributed by atoms with Gasteiger partial charge in [-0.1, -0.05) is 13.0 Å². The highest BCUT2D eigenvalue weighted by molar-refractivity contribution is 7.14. The molecule has 0 aliphatic rings. The van der Waals surface area contributed by atoms with Crippen LogP contribution in [0.1, 0.15) is 37.0 Å². The molecule has 1 aromatic carbocycles. The van der Waals surface area contributed by atoms with Gasteiger partial charge in [-0.05, 0) is 49.1 Å². The molecule has 2 N–H and O–H groups in total. The SMILES string of the molecule is CCc1nc(C)c(C(=O)Nc2ccc(NC(=O)c3cccs3)cc2)s1. The fourth-order valence-corrected chi connectivity index (χ4v) is 3.76. The number of nitrogens with zero attached hydrogens (tertiary/aromatic N) is 1. The van der Waals surface area contributed by atoms with E-state index in [0.717, 1.165) is 17.1 Å². The van der Waals surface area contributed by atoms with Gasteiger partial charge in [0.15, 0.2) is 0 Å². The van der Waals surface area contributed by atoms with E-state index in [-0.39, 0.29) is 11.8 Å². The summed E-state index contributed by atoms with van der Waals surface area (Å²) in [6.45, 7) is 3.86. The highest BCUT2D eigenvalue weighted by atomic mass is 32.1. The van der Waals surface area contributed by atoms with Crippen LogP contribution in [0.25, 0.3) is 0 Å². The number of carbonyl (C=O) groups is 2.